The van der Waals surface area contributed by atoms with Crippen molar-refractivity contribution in [1.82, 2.24) is 0 Å². The number of esters is 1. The first-order chi connectivity index (χ1) is 9.64. The monoisotopic (exact) mass is 278 g/mol. The van der Waals surface area contributed by atoms with Crippen LogP contribution in [0.4, 0.5) is 4.39 Å². The van der Waals surface area contributed by atoms with Crippen LogP contribution in [-0.4, -0.2) is 19.7 Å². The van der Waals surface area contributed by atoms with Crippen LogP contribution in [0, 0.1) is 5.82 Å². The Bertz CT molecular complexity index is 524. The molecule has 1 aliphatic carbocycles. The molecule has 20 heavy (non-hydrogen) atoms. The summed E-state index contributed by atoms with van der Waals surface area (Å²) in [7, 11) is 1.52. The molecule has 0 bridgehead atoms. The van der Waals surface area contributed by atoms with Crippen molar-refractivity contribution in [1.29, 1.82) is 0 Å². The maximum absolute atomic E-state index is 14.2. The summed E-state index contributed by atoms with van der Waals surface area (Å²) >= 11 is 0. The maximum atomic E-state index is 14.2. The lowest BCUT2D eigenvalue weighted by Gasteiger charge is -2.33. The van der Waals surface area contributed by atoms with E-state index in [1.54, 1.807) is 19.1 Å². The summed E-state index contributed by atoms with van der Waals surface area (Å²) in [5, 5.41) is 0. The van der Waals surface area contributed by atoms with Crippen LogP contribution in [0.1, 0.15) is 31.7 Å². The third kappa shape index (κ3) is 2.55. The molecule has 0 spiro atoms. The van der Waals surface area contributed by atoms with Crippen LogP contribution in [0.25, 0.3) is 0 Å². The van der Waals surface area contributed by atoms with Gasteiger partial charge in [0.25, 0.3) is 0 Å². The van der Waals surface area contributed by atoms with Crippen molar-refractivity contribution in [2.75, 3.05) is 13.7 Å². The first-order valence-electron chi connectivity index (χ1n) is 6.80. The molecule has 4 heteroatoms. The van der Waals surface area contributed by atoms with E-state index in [9.17, 15) is 9.18 Å². The summed E-state index contributed by atoms with van der Waals surface area (Å²) < 4.78 is 24.6. The van der Waals surface area contributed by atoms with E-state index in [0.717, 1.165) is 6.42 Å². The van der Waals surface area contributed by atoms with Gasteiger partial charge in [0.2, 0.25) is 0 Å². The van der Waals surface area contributed by atoms with Gasteiger partial charge in [0, 0.05) is 5.56 Å². The van der Waals surface area contributed by atoms with Gasteiger partial charge in [-0.25, -0.2) is 4.39 Å². The van der Waals surface area contributed by atoms with Crippen LogP contribution in [0.5, 0.6) is 5.75 Å². The number of hydrogen-bond donors (Lipinski definition) is 0. The van der Waals surface area contributed by atoms with Crippen LogP contribution in [0.15, 0.2) is 30.4 Å². The Morgan fingerprint density at radius 3 is 2.80 bits per heavy atom. The minimum Gasteiger partial charge on any atom is -0.497 e. The van der Waals surface area contributed by atoms with Crippen molar-refractivity contribution in [2.45, 2.75) is 31.6 Å². The van der Waals surface area contributed by atoms with Crippen LogP contribution in [-0.2, 0) is 14.9 Å². The molecule has 0 saturated heterocycles. The van der Waals surface area contributed by atoms with E-state index >= 15 is 0 Å². The molecule has 1 atom stereocenters. The van der Waals surface area contributed by atoms with Crippen molar-refractivity contribution in [3.05, 3.63) is 41.7 Å². The summed E-state index contributed by atoms with van der Waals surface area (Å²) in [6, 6.07) is 4.50. The Morgan fingerprint density at radius 2 is 2.20 bits per heavy atom. The predicted octanol–water partition coefficient (Wildman–Crippen LogP) is 3.38. The fraction of sp³-hybridized carbons (Fsp3) is 0.438. The summed E-state index contributed by atoms with van der Waals surface area (Å²) in [5.41, 5.74) is -0.580. The van der Waals surface area contributed by atoms with Crippen molar-refractivity contribution in [3.63, 3.8) is 0 Å². The smallest absolute Gasteiger partial charge is 0.316 e. The van der Waals surface area contributed by atoms with Crippen molar-refractivity contribution >= 4 is 5.97 Å². The molecule has 1 aromatic rings. The van der Waals surface area contributed by atoms with Gasteiger partial charge in [0.15, 0.2) is 0 Å². The van der Waals surface area contributed by atoms with E-state index in [1.807, 2.05) is 12.2 Å². The zero-order valence-corrected chi connectivity index (χ0v) is 11.8. The number of methoxy groups -OCH3 is 1. The summed E-state index contributed by atoms with van der Waals surface area (Å²) in [5.74, 6) is -0.217. The number of carbonyl (C=O) groups excluding carboxylic acids is 1. The summed E-state index contributed by atoms with van der Waals surface area (Å²) in [6.07, 6.45) is 5.66. The van der Waals surface area contributed by atoms with Gasteiger partial charge in [-0.2, -0.15) is 0 Å². The first-order valence-corrected chi connectivity index (χ1v) is 6.80. The van der Waals surface area contributed by atoms with E-state index in [2.05, 4.69) is 0 Å². The molecule has 0 saturated carbocycles. The third-order valence-electron chi connectivity index (χ3n) is 3.73. The van der Waals surface area contributed by atoms with Crippen LogP contribution < -0.4 is 4.74 Å². The highest BCUT2D eigenvalue weighted by Gasteiger charge is 2.43. The third-order valence-corrected chi connectivity index (χ3v) is 3.73. The molecule has 1 aromatic carbocycles. The van der Waals surface area contributed by atoms with Crippen molar-refractivity contribution in [3.8, 4) is 5.75 Å². The highest BCUT2D eigenvalue weighted by Crippen LogP contribution is 2.40. The van der Waals surface area contributed by atoms with E-state index in [0.29, 0.717) is 24.2 Å². The molecule has 3 nitrogen and oxygen atoms in total. The van der Waals surface area contributed by atoms with Crippen molar-refractivity contribution < 1.29 is 18.7 Å². The molecule has 0 aliphatic heterocycles. The molecule has 0 aromatic heterocycles. The van der Waals surface area contributed by atoms with E-state index < -0.39 is 11.2 Å². The van der Waals surface area contributed by atoms with E-state index in [-0.39, 0.29) is 12.6 Å². The molecule has 2 rings (SSSR count). The van der Waals surface area contributed by atoms with Gasteiger partial charge in [0.1, 0.15) is 11.6 Å². The van der Waals surface area contributed by atoms with Gasteiger partial charge < -0.3 is 9.47 Å². The minimum atomic E-state index is -0.941. The number of benzene rings is 1. The average Bonchev–Trinajstić information content (AvgIpc) is 2.48. The molecule has 108 valence electrons. The zero-order chi connectivity index (χ0) is 14.6. The number of halogens is 1. The Balaban J connectivity index is 2.51. The lowest BCUT2D eigenvalue weighted by molar-refractivity contribution is -0.150. The number of ether oxygens (including phenoxy) is 2. The Kier molecular flexibility index (Phi) is 4.42. The SMILES string of the molecule is CCOC(=O)C1(c2cc(OC)ccc2F)CC=CCC1. The maximum Gasteiger partial charge on any atom is 0.316 e. The Hall–Kier alpha value is -1.84. The van der Waals surface area contributed by atoms with Crippen LogP contribution in [0.3, 0.4) is 0 Å². The highest BCUT2D eigenvalue weighted by atomic mass is 19.1. The predicted molar refractivity (Wildman–Crippen MR) is 74.3 cm³/mol. The Labute approximate surface area is 118 Å². The van der Waals surface area contributed by atoms with Gasteiger partial charge in [-0.3, -0.25) is 4.79 Å². The van der Waals surface area contributed by atoms with Gasteiger partial charge in [-0.1, -0.05) is 12.2 Å². The van der Waals surface area contributed by atoms with E-state index in [4.69, 9.17) is 9.47 Å². The molecule has 0 fully saturated rings. The lowest BCUT2D eigenvalue weighted by atomic mass is 9.71. The molecule has 0 radical (unpaired) electrons. The Morgan fingerprint density at radius 1 is 1.40 bits per heavy atom. The van der Waals surface area contributed by atoms with Gasteiger partial charge in [0.05, 0.1) is 19.1 Å². The molecule has 0 N–H and O–H groups in total. The normalized spacial score (nSPS) is 21.6. The summed E-state index contributed by atoms with van der Waals surface area (Å²) in [6.45, 7) is 2.04. The minimum absolute atomic E-state index is 0.288. The second-order valence-electron chi connectivity index (χ2n) is 4.86. The zero-order valence-electron chi connectivity index (χ0n) is 11.8. The van der Waals surface area contributed by atoms with Gasteiger partial charge >= 0.3 is 5.97 Å². The van der Waals surface area contributed by atoms with Crippen LogP contribution >= 0.6 is 0 Å². The highest BCUT2D eigenvalue weighted by molar-refractivity contribution is 5.84. The fourth-order valence-corrected chi connectivity index (χ4v) is 2.64. The quantitative estimate of drug-likeness (QED) is 0.625. The van der Waals surface area contributed by atoms with Crippen molar-refractivity contribution in [2.24, 2.45) is 0 Å². The molecule has 1 unspecified atom stereocenters. The fourth-order valence-electron chi connectivity index (χ4n) is 2.64. The van der Waals surface area contributed by atoms with E-state index in [1.165, 1.54) is 13.2 Å². The second kappa shape index (κ2) is 6.07. The largest absolute Gasteiger partial charge is 0.497 e. The number of hydrogen-bond acceptors (Lipinski definition) is 3. The molecular formula is C16H19FO3. The number of carbonyl (C=O) groups is 1. The average molecular weight is 278 g/mol. The lowest BCUT2D eigenvalue weighted by Crippen LogP contribution is -2.39. The second-order valence-corrected chi connectivity index (χ2v) is 4.86. The van der Waals surface area contributed by atoms with Crippen LogP contribution in [0.2, 0.25) is 0 Å². The number of rotatable bonds is 4. The van der Waals surface area contributed by atoms with Gasteiger partial charge in [-0.05, 0) is 44.4 Å². The summed E-state index contributed by atoms with van der Waals surface area (Å²) in [4.78, 5) is 12.4. The molecular weight excluding hydrogens is 259 g/mol. The number of allylic oxidation sites excluding steroid dienone is 2. The molecule has 0 amide bonds. The topological polar surface area (TPSA) is 35.5 Å². The molecule has 1 aliphatic rings. The standard InChI is InChI=1S/C16H19FO3/c1-3-20-15(18)16(9-5-4-6-10-16)13-11-12(19-2)7-8-14(13)17/h4-5,7-8,11H,3,6,9-10H2,1-2H3. The first kappa shape index (κ1) is 14.6. The molecule has 0 heterocycles. The van der Waals surface area contributed by atoms with Gasteiger partial charge in [-0.15, -0.1) is 0 Å².